The van der Waals surface area contributed by atoms with Gasteiger partial charge in [-0.2, -0.15) is 0 Å². The van der Waals surface area contributed by atoms with Crippen molar-refractivity contribution in [3.05, 3.63) is 65.8 Å². The normalized spacial score (nSPS) is 13.9. The van der Waals surface area contributed by atoms with E-state index in [1.54, 1.807) is 0 Å². The summed E-state index contributed by atoms with van der Waals surface area (Å²) in [6.07, 6.45) is 9.67. The molecule has 0 aromatic heterocycles. The lowest BCUT2D eigenvalue weighted by atomic mass is 9.97. The van der Waals surface area contributed by atoms with E-state index in [1.807, 2.05) is 0 Å². The topological polar surface area (TPSA) is 0 Å². The van der Waals surface area contributed by atoms with Crippen molar-refractivity contribution >= 4 is 16.8 Å². The van der Waals surface area contributed by atoms with E-state index in [4.69, 9.17) is 0 Å². The summed E-state index contributed by atoms with van der Waals surface area (Å²) in [5, 5.41) is 2.71. The van der Waals surface area contributed by atoms with Crippen molar-refractivity contribution in [3.8, 4) is 0 Å². The summed E-state index contributed by atoms with van der Waals surface area (Å²) in [4.78, 5) is 0. The summed E-state index contributed by atoms with van der Waals surface area (Å²) in [7, 11) is 0. The van der Waals surface area contributed by atoms with Crippen molar-refractivity contribution < 1.29 is 0 Å². The molecule has 0 amide bonds. The molecule has 0 aliphatic heterocycles. The van der Waals surface area contributed by atoms with Gasteiger partial charge in [0.2, 0.25) is 0 Å². The Kier molecular flexibility index (Phi) is 1.92. The highest BCUT2D eigenvalue weighted by molar-refractivity contribution is 5.89. The molecule has 0 saturated carbocycles. The highest BCUT2D eigenvalue weighted by Crippen LogP contribution is 2.25. The van der Waals surface area contributed by atoms with Crippen LogP contribution in [0.3, 0.4) is 0 Å². The Labute approximate surface area is 89.6 Å². The van der Waals surface area contributed by atoms with Gasteiger partial charge < -0.3 is 0 Å². The molecule has 0 radical (unpaired) electrons. The third kappa shape index (κ3) is 1.39. The number of hydrogen-bond acceptors (Lipinski definition) is 0. The van der Waals surface area contributed by atoms with Gasteiger partial charge in [0, 0.05) is 0 Å². The van der Waals surface area contributed by atoms with Gasteiger partial charge in [-0.3, -0.25) is 0 Å². The maximum absolute atomic E-state index is 2.22. The Morgan fingerprint density at radius 3 is 2.80 bits per heavy atom. The Morgan fingerprint density at radius 2 is 1.80 bits per heavy atom. The lowest BCUT2D eigenvalue weighted by molar-refractivity contribution is 1.30. The van der Waals surface area contributed by atoms with E-state index in [-0.39, 0.29) is 0 Å². The third-order valence-corrected chi connectivity index (χ3v) is 2.92. The van der Waals surface area contributed by atoms with E-state index in [2.05, 4.69) is 60.7 Å². The van der Waals surface area contributed by atoms with Crippen LogP contribution in [-0.2, 0) is 6.42 Å². The molecule has 0 unspecified atom stereocenters. The minimum Gasteiger partial charge on any atom is -0.0801 e. The highest BCUT2D eigenvalue weighted by Gasteiger charge is 2.04. The van der Waals surface area contributed by atoms with E-state index in [1.165, 1.54) is 21.9 Å². The largest absolute Gasteiger partial charge is 0.0801 e. The average molecular weight is 192 g/mol. The molecule has 0 atom stereocenters. The molecule has 15 heavy (non-hydrogen) atoms. The summed E-state index contributed by atoms with van der Waals surface area (Å²) in [5.41, 5.74) is 2.79. The van der Waals surface area contributed by atoms with Crippen molar-refractivity contribution in [3.63, 3.8) is 0 Å². The number of hydrogen-bond donors (Lipinski definition) is 0. The monoisotopic (exact) mass is 192 g/mol. The van der Waals surface area contributed by atoms with E-state index in [0.29, 0.717) is 0 Å². The second-order valence-corrected chi connectivity index (χ2v) is 3.85. The maximum atomic E-state index is 2.22. The number of allylic oxidation sites excluding steroid dienone is 3. The van der Waals surface area contributed by atoms with Gasteiger partial charge >= 0.3 is 0 Å². The molecular formula is C15H12. The minimum atomic E-state index is 1.03. The highest BCUT2D eigenvalue weighted by atomic mass is 14.1. The molecule has 0 fully saturated rings. The first-order chi connectivity index (χ1) is 7.45. The van der Waals surface area contributed by atoms with Gasteiger partial charge in [0.25, 0.3) is 0 Å². The lowest BCUT2D eigenvalue weighted by Crippen LogP contribution is -1.88. The van der Waals surface area contributed by atoms with Crippen LogP contribution in [0.25, 0.3) is 16.8 Å². The van der Waals surface area contributed by atoms with Gasteiger partial charge in [-0.05, 0) is 28.3 Å². The second-order valence-electron chi connectivity index (χ2n) is 3.85. The van der Waals surface area contributed by atoms with Crippen LogP contribution in [0.4, 0.5) is 0 Å². The Hall–Kier alpha value is -1.82. The summed E-state index contributed by atoms with van der Waals surface area (Å²) < 4.78 is 0. The minimum absolute atomic E-state index is 1.03. The third-order valence-electron chi connectivity index (χ3n) is 2.92. The quantitative estimate of drug-likeness (QED) is 0.592. The zero-order valence-electron chi connectivity index (χ0n) is 8.48. The second kappa shape index (κ2) is 3.39. The van der Waals surface area contributed by atoms with Crippen LogP contribution in [0.1, 0.15) is 11.1 Å². The van der Waals surface area contributed by atoms with Gasteiger partial charge in [-0.15, -0.1) is 0 Å². The van der Waals surface area contributed by atoms with E-state index < -0.39 is 0 Å². The molecule has 2 aromatic carbocycles. The number of benzene rings is 2. The van der Waals surface area contributed by atoms with Crippen molar-refractivity contribution in [2.75, 3.05) is 0 Å². The smallest absolute Gasteiger partial charge is 0.00822 e. The van der Waals surface area contributed by atoms with Crippen LogP contribution < -0.4 is 0 Å². The first-order valence-electron chi connectivity index (χ1n) is 5.29. The molecule has 1 aliphatic carbocycles. The van der Waals surface area contributed by atoms with Gasteiger partial charge in [-0.1, -0.05) is 60.7 Å². The van der Waals surface area contributed by atoms with E-state index in [9.17, 15) is 0 Å². The van der Waals surface area contributed by atoms with E-state index in [0.717, 1.165) is 6.42 Å². The molecule has 0 heteroatoms. The Balaban J connectivity index is 2.38. The van der Waals surface area contributed by atoms with Gasteiger partial charge in [0.15, 0.2) is 0 Å². The van der Waals surface area contributed by atoms with Crippen molar-refractivity contribution in [1.82, 2.24) is 0 Å². The predicted octanol–water partition coefficient (Wildman–Crippen LogP) is 3.97. The zero-order valence-corrected chi connectivity index (χ0v) is 8.48. The first-order valence-corrected chi connectivity index (χ1v) is 5.29. The molecule has 0 bridgehead atoms. The van der Waals surface area contributed by atoms with Crippen LogP contribution in [0.15, 0.2) is 54.6 Å². The molecule has 1 aliphatic rings. The van der Waals surface area contributed by atoms with Gasteiger partial charge in [0.1, 0.15) is 0 Å². The van der Waals surface area contributed by atoms with Crippen LogP contribution in [0.5, 0.6) is 0 Å². The summed E-state index contributed by atoms with van der Waals surface area (Å²) >= 11 is 0. The van der Waals surface area contributed by atoms with Crippen molar-refractivity contribution in [1.29, 1.82) is 0 Å². The fourth-order valence-electron chi connectivity index (χ4n) is 2.16. The Morgan fingerprint density at radius 1 is 0.867 bits per heavy atom. The zero-order chi connectivity index (χ0) is 10.1. The molecule has 3 rings (SSSR count). The number of fused-ring (bicyclic) bond motifs is 3. The molecule has 0 saturated heterocycles. The molecule has 2 aromatic rings. The van der Waals surface area contributed by atoms with Crippen molar-refractivity contribution in [2.24, 2.45) is 0 Å². The Bertz CT molecular complexity index is 559. The molecular weight excluding hydrogens is 180 g/mol. The van der Waals surface area contributed by atoms with Crippen LogP contribution in [-0.4, -0.2) is 0 Å². The van der Waals surface area contributed by atoms with Crippen LogP contribution in [0.2, 0.25) is 0 Å². The molecule has 0 heterocycles. The predicted molar refractivity (Wildman–Crippen MR) is 65.8 cm³/mol. The lowest BCUT2D eigenvalue weighted by Gasteiger charge is -2.07. The molecule has 72 valence electrons. The molecule has 0 nitrogen and oxygen atoms in total. The summed E-state index contributed by atoms with van der Waals surface area (Å²) in [6.45, 7) is 0. The molecule has 0 spiro atoms. The summed E-state index contributed by atoms with van der Waals surface area (Å²) in [5.74, 6) is 0. The van der Waals surface area contributed by atoms with Gasteiger partial charge in [0.05, 0.1) is 0 Å². The maximum Gasteiger partial charge on any atom is -0.00822 e. The van der Waals surface area contributed by atoms with E-state index >= 15 is 0 Å². The average Bonchev–Trinajstić information content (AvgIpc) is 2.54. The van der Waals surface area contributed by atoms with Gasteiger partial charge in [-0.25, -0.2) is 0 Å². The fraction of sp³-hybridized carbons (Fsp3) is 0.0667. The number of rotatable bonds is 0. The summed E-state index contributed by atoms with van der Waals surface area (Å²) in [6, 6.07) is 13.0. The van der Waals surface area contributed by atoms with Crippen LogP contribution in [0, 0.1) is 0 Å². The molecule has 0 N–H and O–H groups in total. The SMILES string of the molecule is C1=CCc2c(ccc3ccccc23)C=C1. The van der Waals surface area contributed by atoms with Crippen molar-refractivity contribution in [2.45, 2.75) is 6.42 Å². The standard InChI is InChI=1S/C15H12/c1-2-6-12-10-11-13-7-4-5-9-15(13)14(12)8-3-1/h1-7,9-11H,8H2. The fourth-order valence-corrected chi connectivity index (χ4v) is 2.16. The first kappa shape index (κ1) is 8.49. The van der Waals surface area contributed by atoms with Crippen LogP contribution >= 0.6 is 0 Å².